The fourth-order valence-electron chi connectivity index (χ4n) is 7.26. The van der Waals surface area contributed by atoms with E-state index in [1.807, 2.05) is 54.6 Å². The van der Waals surface area contributed by atoms with Crippen molar-refractivity contribution in [3.8, 4) is 23.0 Å². The first-order valence-corrected chi connectivity index (χ1v) is 15.5. The molecule has 0 amide bonds. The number of fused-ring (bicyclic) bond motifs is 3. The Morgan fingerprint density at radius 3 is 2.33 bits per heavy atom. The topological polar surface area (TPSA) is 83.9 Å². The van der Waals surface area contributed by atoms with Crippen LogP contribution in [0, 0.1) is 0 Å². The predicted molar refractivity (Wildman–Crippen MR) is 165 cm³/mol. The third-order valence-corrected chi connectivity index (χ3v) is 9.61. The normalized spacial score (nSPS) is 26.9. The second-order valence-electron chi connectivity index (χ2n) is 12.1. The van der Waals surface area contributed by atoms with Crippen molar-refractivity contribution in [3.63, 3.8) is 0 Å². The quantitative estimate of drug-likeness (QED) is 0.317. The van der Waals surface area contributed by atoms with E-state index in [1.165, 1.54) is 6.42 Å². The molecule has 2 N–H and O–H groups in total. The van der Waals surface area contributed by atoms with Crippen LogP contribution in [0.2, 0.25) is 0 Å². The van der Waals surface area contributed by atoms with Crippen molar-refractivity contribution in [2.75, 3.05) is 60.6 Å². The average Bonchev–Trinajstić information content (AvgIpc) is 3.44. The van der Waals surface area contributed by atoms with Crippen molar-refractivity contribution >= 4 is 0 Å². The molecular formula is C35H44N2O6. The van der Waals surface area contributed by atoms with Gasteiger partial charge in [-0.25, -0.2) is 0 Å². The SMILES string of the molecule is COc1cc(OC)c2c(c1)O[C@@]1(c3ccc(OCCCCCN4CCN(C)CC4)cc3)[C@H](c3ccccc3)C[C@@H](O)[C@@]21O. The summed E-state index contributed by atoms with van der Waals surface area (Å²) in [7, 11) is 5.32. The monoisotopic (exact) mass is 588 g/mol. The highest BCUT2D eigenvalue weighted by atomic mass is 16.5. The standard InChI is InChI=1S/C35H44N2O6/c1-36-17-19-37(20-18-36)16-8-5-9-21-42-27-14-12-26(13-15-27)35-29(25-10-6-4-7-11-25)24-32(38)34(35,39)33-30(41-3)22-28(40-2)23-31(33)43-35/h4,6-7,10-15,22-23,29,32,38-39H,5,8-9,16-21,24H2,1-3H3/t29-,32+,34+,35-/m0/s1. The molecule has 4 atom stereocenters. The maximum absolute atomic E-state index is 12.6. The molecule has 2 fully saturated rings. The summed E-state index contributed by atoms with van der Waals surface area (Å²) in [4.78, 5) is 4.94. The molecule has 43 heavy (non-hydrogen) atoms. The van der Waals surface area contributed by atoms with Crippen LogP contribution in [0.1, 0.15) is 48.3 Å². The number of nitrogens with zero attached hydrogens (tertiary/aromatic N) is 2. The van der Waals surface area contributed by atoms with Crippen LogP contribution >= 0.6 is 0 Å². The van der Waals surface area contributed by atoms with Gasteiger partial charge in [-0.1, -0.05) is 42.5 Å². The highest BCUT2D eigenvalue weighted by Gasteiger charge is 2.73. The Kier molecular flexibility index (Phi) is 8.56. The molecule has 8 nitrogen and oxygen atoms in total. The number of unbranched alkanes of at least 4 members (excludes halogenated alkanes) is 2. The van der Waals surface area contributed by atoms with Gasteiger partial charge in [0.1, 0.15) is 23.0 Å². The van der Waals surface area contributed by atoms with Gasteiger partial charge in [-0.15, -0.1) is 0 Å². The molecule has 0 spiro atoms. The fourth-order valence-corrected chi connectivity index (χ4v) is 7.26. The molecule has 0 radical (unpaired) electrons. The van der Waals surface area contributed by atoms with E-state index in [4.69, 9.17) is 18.9 Å². The molecule has 0 unspecified atom stereocenters. The van der Waals surface area contributed by atoms with Gasteiger partial charge in [0.2, 0.25) is 0 Å². The van der Waals surface area contributed by atoms with Crippen LogP contribution in [-0.4, -0.2) is 86.7 Å². The lowest BCUT2D eigenvalue weighted by Crippen LogP contribution is -2.52. The Hall–Kier alpha value is -3.30. The minimum absolute atomic E-state index is 0.321. The van der Waals surface area contributed by atoms with Crippen molar-refractivity contribution in [1.29, 1.82) is 0 Å². The van der Waals surface area contributed by atoms with Crippen molar-refractivity contribution in [3.05, 3.63) is 83.4 Å². The van der Waals surface area contributed by atoms with Gasteiger partial charge in [-0.2, -0.15) is 0 Å². The summed E-state index contributed by atoms with van der Waals surface area (Å²) < 4.78 is 24.2. The molecule has 6 rings (SSSR count). The summed E-state index contributed by atoms with van der Waals surface area (Å²) in [6.45, 7) is 6.44. The van der Waals surface area contributed by atoms with Gasteiger partial charge >= 0.3 is 0 Å². The second kappa shape index (κ2) is 12.4. The van der Waals surface area contributed by atoms with E-state index >= 15 is 0 Å². The molecule has 1 aliphatic carbocycles. The number of methoxy groups -OCH3 is 2. The fraction of sp³-hybridized carbons (Fsp3) is 0.486. The number of rotatable bonds is 11. The summed E-state index contributed by atoms with van der Waals surface area (Å²) >= 11 is 0. The minimum atomic E-state index is -1.76. The molecular weight excluding hydrogens is 544 g/mol. The Bertz CT molecular complexity index is 1380. The van der Waals surface area contributed by atoms with E-state index in [2.05, 4.69) is 16.8 Å². The predicted octanol–water partition coefficient (Wildman–Crippen LogP) is 4.52. The van der Waals surface area contributed by atoms with Crippen LogP contribution in [0.15, 0.2) is 66.7 Å². The summed E-state index contributed by atoms with van der Waals surface area (Å²) in [5, 5.41) is 24.2. The van der Waals surface area contributed by atoms with Crippen LogP contribution in [0.4, 0.5) is 0 Å². The van der Waals surface area contributed by atoms with Crippen LogP contribution in [0.25, 0.3) is 0 Å². The first kappa shape index (κ1) is 29.8. The third-order valence-electron chi connectivity index (χ3n) is 9.61. The third kappa shape index (κ3) is 5.24. The van der Waals surface area contributed by atoms with Crippen LogP contribution in [0.5, 0.6) is 23.0 Å². The number of aliphatic hydroxyl groups excluding tert-OH is 1. The van der Waals surface area contributed by atoms with Gasteiger partial charge in [-0.3, -0.25) is 0 Å². The largest absolute Gasteiger partial charge is 0.496 e. The molecule has 3 aromatic carbocycles. The maximum Gasteiger partial charge on any atom is 0.176 e. The van der Waals surface area contributed by atoms with Crippen LogP contribution < -0.4 is 18.9 Å². The van der Waals surface area contributed by atoms with Gasteiger partial charge in [-0.05, 0) is 62.5 Å². The van der Waals surface area contributed by atoms with E-state index in [-0.39, 0.29) is 5.92 Å². The van der Waals surface area contributed by atoms with Crippen molar-refractivity contribution in [1.82, 2.24) is 9.80 Å². The molecule has 3 aromatic rings. The highest BCUT2D eigenvalue weighted by Crippen LogP contribution is 2.68. The molecule has 1 saturated carbocycles. The summed E-state index contributed by atoms with van der Waals surface area (Å²) in [5.74, 6) is 1.85. The molecule has 3 aliphatic rings. The number of hydrogen-bond acceptors (Lipinski definition) is 8. The lowest BCUT2D eigenvalue weighted by molar-refractivity contribution is -0.150. The summed E-state index contributed by atoms with van der Waals surface area (Å²) in [6, 6.07) is 21.2. The Labute approximate surface area is 254 Å². The zero-order valence-electron chi connectivity index (χ0n) is 25.5. The maximum atomic E-state index is 12.6. The summed E-state index contributed by atoms with van der Waals surface area (Å²) in [6.07, 6.45) is 2.54. The zero-order chi connectivity index (χ0) is 30.0. The average molecular weight is 589 g/mol. The van der Waals surface area contributed by atoms with Gasteiger partial charge in [0.25, 0.3) is 0 Å². The first-order valence-electron chi connectivity index (χ1n) is 15.5. The number of benzene rings is 3. The number of hydrogen-bond donors (Lipinski definition) is 2. The number of aliphatic hydroxyl groups is 2. The van der Waals surface area contributed by atoms with E-state index in [9.17, 15) is 10.2 Å². The first-order chi connectivity index (χ1) is 20.9. The lowest BCUT2D eigenvalue weighted by atomic mass is 9.71. The minimum Gasteiger partial charge on any atom is -0.496 e. The van der Waals surface area contributed by atoms with Gasteiger partial charge in [0.05, 0.1) is 32.5 Å². The Balaban J connectivity index is 1.22. The highest BCUT2D eigenvalue weighted by molar-refractivity contribution is 5.62. The summed E-state index contributed by atoms with van der Waals surface area (Å²) in [5.41, 5.74) is -0.867. The number of ether oxygens (including phenoxy) is 4. The smallest absolute Gasteiger partial charge is 0.176 e. The van der Waals surface area contributed by atoms with E-state index in [1.54, 1.807) is 26.4 Å². The molecule has 1 saturated heterocycles. The molecule has 230 valence electrons. The second-order valence-corrected chi connectivity index (χ2v) is 12.1. The van der Waals surface area contributed by atoms with E-state index in [0.29, 0.717) is 35.8 Å². The van der Waals surface area contributed by atoms with Crippen LogP contribution in [-0.2, 0) is 11.2 Å². The van der Waals surface area contributed by atoms with Gasteiger partial charge in [0.15, 0.2) is 11.2 Å². The molecule has 2 aliphatic heterocycles. The van der Waals surface area contributed by atoms with Crippen LogP contribution in [0.3, 0.4) is 0 Å². The van der Waals surface area contributed by atoms with Crippen molar-refractivity contribution in [2.24, 2.45) is 0 Å². The molecule has 0 bridgehead atoms. The molecule has 2 heterocycles. The number of piperazine rings is 1. The Morgan fingerprint density at radius 2 is 1.63 bits per heavy atom. The zero-order valence-corrected chi connectivity index (χ0v) is 25.5. The Morgan fingerprint density at radius 1 is 0.884 bits per heavy atom. The lowest BCUT2D eigenvalue weighted by Gasteiger charge is -2.40. The molecule has 8 heteroatoms. The van der Waals surface area contributed by atoms with E-state index < -0.39 is 17.3 Å². The molecule has 0 aromatic heterocycles. The van der Waals surface area contributed by atoms with E-state index in [0.717, 1.165) is 62.4 Å². The van der Waals surface area contributed by atoms with Crippen molar-refractivity contribution < 1.29 is 29.2 Å². The van der Waals surface area contributed by atoms with Crippen molar-refractivity contribution in [2.45, 2.75) is 48.9 Å². The number of likely N-dealkylation sites (N-methyl/N-ethyl adjacent to an activating group) is 1. The van der Waals surface area contributed by atoms with Gasteiger partial charge < -0.3 is 39.0 Å². The van der Waals surface area contributed by atoms with Gasteiger partial charge in [0, 0.05) is 44.2 Å².